The van der Waals surface area contributed by atoms with Crippen molar-refractivity contribution >= 4 is 11.5 Å². The number of pyridine rings is 1. The van der Waals surface area contributed by atoms with E-state index in [4.69, 9.17) is 20.5 Å². The van der Waals surface area contributed by atoms with Crippen LogP contribution in [-0.2, 0) is 16.8 Å². The van der Waals surface area contributed by atoms with E-state index >= 15 is 0 Å². The standard InChI is InChI=1S/C27H30N4O/c1-4-6-18-13-21(17-29-16-18)19-7-8-20-15-26(11-9-22(32-3)10-12-26)27(23(20)14-19)30-24(5-2)25(28)31-27/h7-8,13-14,16-17,22H,5,9-12,15H2,1-3H3,(H2,28,31). The van der Waals surface area contributed by atoms with Gasteiger partial charge < -0.3 is 10.5 Å². The summed E-state index contributed by atoms with van der Waals surface area (Å²) >= 11 is 0. The van der Waals surface area contributed by atoms with Gasteiger partial charge in [0.05, 0.1) is 11.8 Å². The van der Waals surface area contributed by atoms with Crippen LogP contribution in [0.25, 0.3) is 11.1 Å². The SMILES string of the molecule is CC#Cc1cncc(-c2ccc3c(c2)C2(N=C(N)C(CC)=N2)C2(CCC(OC)CC2)C3)c1. The average molecular weight is 427 g/mol. The number of methoxy groups -OCH3 is 1. The molecule has 2 aliphatic carbocycles. The Morgan fingerprint density at radius 1 is 1.12 bits per heavy atom. The van der Waals surface area contributed by atoms with Gasteiger partial charge >= 0.3 is 0 Å². The Labute approximate surface area is 190 Å². The van der Waals surface area contributed by atoms with Crippen molar-refractivity contribution in [2.24, 2.45) is 21.1 Å². The molecule has 1 fully saturated rings. The molecule has 1 saturated carbocycles. The lowest BCUT2D eigenvalue weighted by Crippen LogP contribution is -2.43. The third-order valence-corrected chi connectivity index (χ3v) is 7.53. The van der Waals surface area contributed by atoms with E-state index in [1.807, 2.05) is 20.2 Å². The number of amidine groups is 1. The predicted octanol–water partition coefficient (Wildman–Crippen LogP) is 4.63. The van der Waals surface area contributed by atoms with E-state index in [1.54, 1.807) is 6.20 Å². The molecule has 0 saturated heterocycles. The lowest BCUT2D eigenvalue weighted by atomic mass is 9.65. The maximum absolute atomic E-state index is 6.42. The second-order valence-electron chi connectivity index (χ2n) is 9.18. The lowest BCUT2D eigenvalue weighted by Gasteiger charge is -2.44. The molecule has 5 rings (SSSR count). The van der Waals surface area contributed by atoms with Gasteiger partial charge in [0.1, 0.15) is 5.84 Å². The first-order valence-electron chi connectivity index (χ1n) is 11.5. The average Bonchev–Trinajstić information content (AvgIpc) is 3.29. The van der Waals surface area contributed by atoms with Gasteiger partial charge in [0, 0.05) is 41.6 Å². The molecule has 0 radical (unpaired) electrons. The molecule has 2 aromatic rings. The summed E-state index contributed by atoms with van der Waals surface area (Å²) in [6.45, 7) is 3.95. The van der Waals surface area contributed by atoms with Crippen molar-refractivity contribution in [1.29, 1.82) is 0 Å². The molecule has 2 heterocycles. The van der Waals surface area contributed by atoms with Crippen molar-refractivity contribution in [3.63, 3.8) is 0 Å². The van der Waals surface area contributed by atoms with Crippen LogP contribution in [0.15, 0.2) is 46.6 Å². The van der Waals surface area contributed by atoms with Crippen molar-refractivity contribution in [1.82, 2.24) is 4.98 Å². The summed E-state index contributed by atoms with van der Waals surface area (Å²) in [5.41, 5.74) is 12.3. The molecule has 32 heavy (non-hydrogen) atoms. The van der Waals surface area contributed by atoms with Crippen molar-refractivity contribution in [3.8, 4) is 23.0 Å². The summed E-state index contributed by atoms with van der Waals surface area (Å²) < 4.78 is 5.68. The summed E-state index contributed by atoms with van der Waals surface area (Å²) in [5.74, 6) is 6.67. The first-order chi connectivity index (χ1) is 15.5. The quantitative estimate of drug-likeness (QED) is 0.728. The van der Waals surface area contributed by atoms with Gasteiger partial charge in [0.15, 0.2) is 5.66 Å². The van der Waals surface area contributed by atoms with Gasteiger partial charge in [0.2, 0.25) is 0 Å². The fourth-order valence-corrected chi connectivity index (χ4v) is 5.86. The molecular formula is C27H30N4O. The normalized spacial score (nSPS) is 28.3. The van der Waals surface area contributed by atoms with Crippen molar-refractivity contribution in [2.45, 2.75) is 64.1 Å². The first-order valence-corrected chi connectivity index (χ1v) is 11.5. The number of ether oxygens (including phenoxy) is 1. The molecule has 2 N–H and O–H groups in total. The third-order valence-electron chi connectivity index (χ3n) is 7.53. The summed E-state index contributed by atoms with van der Waals surface area (Å²) in [4.78, 5) is 14.8. The van der Waals surface area contributed by atoms with Crippen LogP contribution in [0.1, 0.15) is 62.6 Å². The van der Waals surface area contributed by atoms with Gasteiger partial charge in [-0.1, -0.05) is 25.0 Å². The highest BCUT2D eigenvalue weighted by atomic mass is 16.5. The largest absolute Gasteiger partial charge is 0.382 e. The van der Waals surface area contributed by atoms with Gasteiger partial charge in [0.25, 0.3) is 0 Å². The van der Waals surface area contributed by atoms with Crippen LogP contribution in [-0.4, -0.2) is 29.7 Å². The van der Waals surface area contributed by atoms with Crippen LogP contribution in [0.3, 0.4) is 0 Å². The third kappa shape index (κ3) is 3.09. The fourth-order valence-electron chi connectivity index (χ4n) is 5.86. The molecule has 2 spiro atoms. The summed E-state index contributed by atoms with van der Waals surface area (Å²) in [6, 6.07) is 8.82. The van der Waals surface area contributed by atoms with E-state index in [-0.39, 0.29) is 5.41 Å². The number of hydrogen-bond donors (Lipinski definition) is 1. The molecule has 1 unspecified atom stereocenters. The van der Waals surface area contributed by atoms with Gasteiger partial charge in [-0.05, 0) is 68.7 Å². The molecule has 1 aromatic heterocycles. The predicted molar refractivity (Wildman–Crippen MR) is 129 cm³/mol. The summed E-state index contributed by atoms with van der Waals surface area (Å²) in [6.07, 6.45) is 9.95. The molecule has 1 aliphatic heterocycles. The molecule has 0 amide bonds. The highest BCUT2D eigenvalue weighted by molar-refractivity contribution is 6.42. The number of benzene rings is 1. The molecule has 1 atom stereocenters. The Bertz CT molecular complexity index is 1180. The fraction of sp³-hybridized carbons (Fsp3) is 0.444. The van der Waals surface area contributed by atoms with Gasteiger partial charge in [-0.3, -0.25) is 9.98 Å². The Morgan fingerprint density at radius 3 is 2.62 bits per heavy atom. The molecule has 164 valence electrons. The van der Waals surface area contributed by atoms with Gasteiger partial charge in [-0.2, -0.15) is 0 Å². The molecule has 5 nitrogen and oxygen atoms in total. The molecular weight excluding hydrogens is 396 g/mol. The molecule has 1 aromatic carbocycles. The number of nitrogens with zero attached hydrogens (tertiary/aromatic N) is 3. The number of nitrogens with two attached hydrogens (primary N) is 1. The van der Waals surface area contributed by atoms with Crippen molar-refractivity contribution in [2.75, 3.05) is 7.11 Å². The zero-order valence-electron chi connectivity index (χ0n) is 19.1. The van der Waals surface area contributed by atoms with Crippen molar-refractivity contribution in [3.05, 3.63) is 53.3 Å². The maximum atomic E-state index is 6.42. The first kappa shape index (κ1) is 20.9. The second-order valence-corrected chi connectivity index (χ2v) is 9.18. The zero-order chi connectivity index (χ0) is 22.3. The smallest absolute Gasteiger partial charge is 0.184 e. The van der Waals surface area contributed by atoms with E-state index < -0.39 is 5.66 Å². The monoisotopic (exact) mass is 426 g/mol. The summed E-state index contributed by atoms with van der Waals surface area (Å²) in [7, 11) is 1.82. The zero-order valence-corrected chi connectivity index (χ0v) is 19.1. The van der Waals surface area contributed by atoms with Crippen LogP contribution in [0.5, 0.6) is 0 Å². The maximum Gasteiger partial charge on any atom is 0.184 e. The topological polar surface area (TPSA) is 72.9 Å². The Hall–Kier alpha value is -2.97. The van der Waals surface area contributed by atoms with Crippen molar-refractivity contribution < 1.29 is 4.74 Å². The van der Waals surface area contributed by atoms with E-state index in [2.05, 4.69) is 48.0 Å². The minimum atomic E-state index is -0.624. The Balaban J connectivity index is 1.64. The number of fused-ring (bicyclic) bond motifs is 3. The highest BCUT2D eigenvalue weighted by Crippen LogP contribution is 2.62. The van der Waals surface area contributed by atoms with Crippen LogP contribution < -0.4 is 5.73 Å². The van der Waals surface area contributed by atoms with Crippen LogP contribution in [0.2, 0.25) is 0 Å². The van der Waals surface area contributed by atoms with E-state index in [0.717, 1.165) is 60.9 Å². The Morgan fingerprint density at radius 2 is 1.94 bits per heavy atom. The van der Waals surface area contributed by atoms with E-state index in [9.17, 15) is 0 Å². The number of hydrogen-bond acceptors (Lipinski definition) is 5. The minimum absolute atomic E-state index is 0.0433. The van der Waals surface area contributed by atoms with Gasteiger partial charge in [-0.15, -0.1) is 5.92 Å². The number of rotatable bonds is 3. The second kappa shape index (κ2) is 7.86. The number of aromatic nitrogens is 1. The molecule has 5 heteroatoms. The summed E-state index contributed by atoms with van der Waals surface area (Å²) in [5, 5.41) is 0. The van der Waals surface area contributed by atoms with Crippen LogP contribution in [0, 0.1) is 17.3 Å². The molecule has 0 bridgehead atoms. The Kier molecular flexibility index (Phi) is 5.14. The van der Waals surface area contributed by atoms with E-state index in [0.29, 0.717) is 11.9 Å². The lowest BCUT2D eigenvalue weighted by molar-refractivity contribution is -0.000389. The molecule has 3 aliphatic rings. The van der Waals surface area contributed by atoms with Crippen LogP contribution in [0.4, 0.5) is 0 Å². The highest BCUT2D eigenvalue weighted by Gasteiger charge is 2.60. The number of aliphatic imine (C=N–C) groups is 2. The minimum Gasteiger partial charge on any atom is -0.382 e. The van der Waals surface area contributed by atoms with Gasteiger partial charge in [-0.25, -0.2) is 4.99 Å². The van der Waals surface area contributed by atoms with E-state index in [1.165, 1.54) is 11.1 Å². The van der Waals surface area contributed by atoms with Crippen LogP contribution >= 0.6 is 0 Å².